The van der Waals surface area contributed by atoms with E-state index in [0.29, 0.717) is 0 Å². The fourth-order valence-electron chi connectivity index (χ4n) is 2.31. The summed E-state index contributed by atoms with van der Waals surface area (Å²) in [4.78, 5) is 12.5. The summed E-state index contributed by atoms with van der Waals surface area (Å²) in [6.07, 6.45) is 8.69. The van der Waals surface area contributed by atoms with Crippen LogP contribution in [0.3, 0.4) is 0 Å². The van der Waals surface area contributed by atoms with Gasteiger partial charge in [-0.3, -0.25) is 4.98 Å². The Morgan fingerprint density at radius 2 is 1.73 bits per heavy atom. The molecule has 0 aliphatic carbocycles. The Balaban J connectivity index is 1.91. The van der Waals surface area contributed by atoms with Gasteiger partial charge in [-0.15, -0.1) is 0 Å². The molecule has 0 aromatic carbocycles. The molecule has 22 heavy (non-hydrogen) atoms. The molecule has 0 fully saturated rings. The monoisotopic (exact) mass is 288 g/mol. The average molecular weight is 288 g/mol. The van der Waals surface area contributed by atoms with Crippen LogP contribution in [0, 0.1) is 0 Å². The largest absolute Gasteiger partial charge is 0.337 e. The van der Waals surface area contributed by atoms with Gasteiger partial charge in [0.1, 0.15) is 17.8 Å². The van der Waals surface area contributed by atoms with Gasteiger partial charge >= 0.3 is 0 Å². The lowest BCUT2D eigenvalue weighted by molar-refractivity contribution is 0.925. The Bertz CT molecular complexity index is 902. The third-order valence-electron chi connectivity index (χ3n) is 3.31. The number of anilines is 2. The highest BCUT2D eigenvalue weighted by molar-refractivity contribution is 5.89. The Labute approximate surface area is 126 Å². The predicted octanol–water partition coefficient (Wildman–Crippen LogP) is 2.93. The molecule has 0 amide bonds. The Morgan fingerprint density at radius 3 is 2.55 bits per heavy atom. The number of rotatable bonds is 3. The molecular weight excluding hydrogens is 276 g/mol. The summed E-state index contributed by atoms with van der Waals surface area (Å²) in [7, 11) is 0. The van der Waals surface area contributed by atoms with Crippen molar-refractivity contribution in [1.29, 1.82) is 0 Å². The van der Waals surface area contributed by atoms with E-state index < -0.39 is 0 Å². The highest BCUT2D eigenvalue weighted by Gasteiger charge is 2.14. The quantitative estimate of drug-likeness (QED) is 0.627. The first-order valence-electron chi connectivity index (χ1n) is 6.82. The number of pyridine rings is 2. The van der Waals surface area contributed by atoms with Crippen LogP contribution in [0.2, 0.25) is 0 Å². The van der Waals surface area contributed by atoms with E-state index in [9.17, 15) is 0 Å². The molecule has 0 radical (unpaired) electrons. The molecule has 0 atom stereocenters. The van der Waals surface area contributed by atoms with Crippen LogP contribution < -0.4 is 5.32 Å². The molecule has 6 heteroatoms. The minimum atomic E-state index is 0.768. The molecule has 4 aromatic heterocycles. The summed E-state index contributed by atoms with van der Waals surface area (Å²) in [5.74, 6) is 0.768. The summed E-state index contributed by atoms with van der Waals surface area (Å²) in [5, 5.41) is 7.97. The van der Waals surface area contributed by atoms with Crippen LogP contribution in [0.1, 0.15) is 0 Å². The molecule has 0 aliphatic rings. The number of nitrogens with one attached hydrogen (secondary N) is 1. The van der Waals surface area contributed by atoms with E-state index >= 15 is 0 Å². The molecule has 6 nitrogen and oxygen atoms in total. The lowest BCUT2D eigenvalue weighted by atomic mass is 10.1. The van der Waals surface area contributed by atoms with Crippen LogP contribution in [0.25, 0.3) is 16.8 Å². The number of aromatic nitrogens is 5. The lowest BCUT2D eigenvalue weighted by Gasteiger charge is -2.06. The predicted molar refractivity (Wildman–Crippen MR) is 83.7 cm³/mol. The fourth-order valence-corrected chi connectivity index (χ4v) is 2.31. The standard InChI is InChI=1S/C16H12N6/c1-2-7-19-14(3-1)20-16-13-6-10-18-11-22(13)21-15(16)12-4-8-17-9-5-12/h1-11H,(H,19,20). The van der Waals surface area contributed by atoms with Gasteiger partial charge in [0.2, 0.25) is 0 Å². The summed E-state index contributed by atoms with van der Waals surface area (Å²) in [5.41, 5.74) is 3.65. The zero-order chi connectivity index (χ0) is 14.8. The summed E-state index contributed by atoms with van der Waals surface area (Å²) in [6.45, 7) is 0. The van der Waals surface area contributed by atoms with E-state index in [0.717, 1.165) is 28.3 Å². The van der Waals surface area contributed by atoms with Crippen LogP contribution in [-0.2, 0) is 0 Å². The Morgan fingerprint density at radius 1 is 0.864 bits per heavy atom. The second-order valence-electron chi connectivity index (χ2n) is 4.71. The molecular formula is C16H12N6. The van der Waals surface area contributed by atoms with Gasteiger partial charge in [0.15, 0.2) is 0 Å². The maximum absolute atomic E-state index is 4.62. The fraction of sp³-hybridized carbons (Fsp3) is 0. The molecule has 0 saturated carbocycles. The van der Waals surface area contributed by atoms with Crippen molar-refractivity contribution >= 4 is 17.0 Å². The van der Waals surface area contributed by atoms with Crippen molar-refractivity contribution in [3.8, 4) is 11.3 Å². The van der Waals surface area contributed by atoms with Gasteiger partial charge in [0.05, 0.1) is 11.2 Å². The van der Waals surface area contributed by atoms with E-state index in [1.807, 2.05) is 36.4 Å². The second kappa shape index (κ2) is 5.25. The first-order valence-corrected chi connectivity index (χ1v) is 6.82. The molecule has 0 bridgehead atoms. The normalized spacial score (nSPS) is 10.7. The summed E-state index contributed by atoms with van der Waals surface area (Å²) >= 11 is 0. The van der Waals surface area contributed by atoms with Crippen molar-refractivity contribution in [2.75, 3.05) is 5.32 Å². The van der Waals surface area contributed by atoms with Gasteiger partial charge in [-0.1, -0.05) is 6.07 Å². The third kappa shape index (κ3) is 2.16. The van der Waals surface area contributed by atoms with E-state index in [-0.39, 0.29) is 0 Å². The third-order valence-corrected chi connectivity index (χ3v) is 3.31. The molecule has 4 rings (SSSR count). The van der Waals surface area contributed by atoms with Crippen LogP contribution in [-0.4, -0.2) is 24.6 Å². The highest BCUT2D eigenvalue weighted by Crippen LogP contribution is 2.32. The minimum Gasteiger partial charge on any atom is -0.337 e. The Hall–Kier alpha value is -3.28. The van der Waals surface area contributed by atoms with Crippen LogP contribution in [0.4, 0.5) is 11.5 Å². The zero-order valence-corrected chi connectivity index (χ0v) is 11.6. The number of fused-ring (bicyclic) bond motifs is 1. The number of hydrogen-bond donors (Lipinski definition) is 1. The van der Waals surface area contributed by atoms with Gasteiger partial charge in [-0.05, 0) is 30.3 Å². The maximum Gasteiger partial charge on any atom is 0.130 e. The van der Waals surface area contributed by atoms with Gasteiger partial charge in [0, 0.05) is 30.4 Å². The van der Waals surface area contributed by atoms with Gasteiger partial charge in [0.25, 0.3) is 0 Å². The van der Waals surface area contributed by atoms with Crippen molar-refractivity contribution in [1.82, 2.24) is 24.6 Å². The van der Waals surface area contributed by atoms with Crippen molar-refractivity contribution < 1.29 is 0 Å². The van der Waals surface area contributed by atoms with Gasteiger partial charge < -0.3 is 5.32 Å². The molecule has 0 aliphatic heterocycles. The second-order valence-corrected chi connectivity index (χ2v) is 4.71. The first-order chi connectivity index (χ1) is 10.9. The first kappa shape index (κ1) is 12.5. The zero-order valence-electron chi connectivity index (χ0n) is 11.6. The number of nitrogens with zero attached hydrogens (tertiary/aromatic N) is 5. The molecule has 106 valence electrons. The summed E-state index contributed by atoms with van der Waals surface area (Å²) in [6, 6.07) is 11.5. The lowest BCUT2D eigenvalue weighted by Crippen LogP contribution is -1.94. The van der Waals surface area contributed by atoms with Crippen molar-refractivity contribution in [3.05, 3.63) is 67.5 Å². The molecule has 0 unspecified atom stereocenters. The highest BCUT2D eigenvalue weighted by atomic mass is 15.3. The summed E-state index contributed by atoms with van der Waals surface area (Å²) < 4.78 is 1.75. The van der Waals surface area contributed by atoms with Gasteiger partial charge in [-0.2, -0.15) is 5.10 Å². The average Bonchev–Trinajstić information content (AvgIpc) is 2.95. The van der Waals surface area contributed by atoms with E-state index in [1.54, 1.807) is 35.6 Å². The van der Waals surface area contributed by atoms with Crippen LogP contribution in [0.5, 0.6) is 0 Å². The van der Waals surface area contributed by atoms with E-state index in [4.69, 9.17) is 0 Å². The molecule has 1 N–H and O–H groups in total. The van der Waals surface area contributed by atoms with E-state index in [2.05, 4.69) is 25.4 Å². The van der Waals surface area contributed by atoms with Crippen molar-refractivity contribution in [3.63, 3.8) is 0 Å². The molecule has 4 heterocycles. The van der Waals surface area contributed by atoms with Crippen molar-refractivity contribution in [2.45, 2.75) is 0 Å². The Kier molecular flexibility index (Phi) is 2.97. The topological polar surface area (TPSA) is 68.0 Å². The minimum absolute atomic E-state index is 0.768. The molecule has 0 saturated heterocycles. The van der Waals surface area contributed by atoms with Crippen molar-refractivity contribution in [2.24, 2.45) is 0 Å². The SMILES string of the molecule is c1ccc(Nc2c(-c3ccncc3)nn3cnccc23)nc1. The number of hydrogen-bond acceptors (Lipinski definition) is 5. The molecule has 0 spiro atoms. The smallest absolute Gasteiger partial charge is 0.130 e. The maximum atomic E-state index is 4.62. The van der Waals surface area contributed by atoms with Gasteiger partial charge in [-0.25, -0.2) is 14.5 Å². The van der Waals surface area contributed by atoms with Crippen LogP contribution >= 0.6 is 0 Å². The van der Waals surface area contributed by atoms with Crippen LogP contribution in [0.15, 0.2) is 67.5 Å². The molecule has 4 aromatic rings. The van der Waals surface area contributed by atoms with E-state index in [1.165, 1.54) is 0 Å².